The van der Waals surface area contributed by atoms with E-state index in [0.717, 1.165) is 71.6 Å². The molecule has 44 heavy (non-hydrogen) atoms. The minimum Gasteiger partial charge on any atom is -0.494 e. The smallest absolute Gasteiger partial charge is 0.119 e. The first-order valence-corrected chi connectivity index (χ1v) is 15.0. The molecule has 4 aromatic rings. The van der Waals surface area contributed by atoms with E-state index in [0.29, 0.717) is 26.4 Å². The van der Waals surface area contributed by atoms with Gasteiger partial charge in [-0.2, -0.15) is 0 Å². The quantitative estimate of drug-likeness (QED) is 0.0747. The van der Waals surface area contributed by atoms with Crippen molar-refractivity contribution in [3.8, 4) is 23.0 Å². The molecule has 2 saturated heterocycles. The Balaban J connectivity index is 0.839. The molecule has 6 rings (SSSR count). The number of hydrogen-bond donors (Lipinski definition) is 0. The number of nitrogens with zero attached hydrogens (tertiary/aromatic N) is 2. The monoisotopic (exact) mass is 592 g/mol. The van der Waals surface area contributed by atoms with Crippen LogP contribution in [0.5, 0.6) is 23.0 Å². The number of unbranched alkanes of at least 4 members (excludes halogenated alkanes) is 1. The molecular weight excluding hydrogens is 556 g/mol. The first kappa shape index (κ1) is 29.4. The number of hydrogen-bond acceptors (Lipinski definition) is 8. The Hall–Kier alpha value is -4.66. The highest BCUT2D eigenvalue weighted by Gasteiger charge is 2.23. The lowest BCUT2D eigenvalue weighted by atomic mass is 10.2. The zero-order valence-electron chi connectivity index (χ0n) is 24.5. The molecule has 0 bridgehead atoms. The predicted molar refractivity (Wildman–Crippen MR) is 171 cm³/mol. The molecule has 2 unspecified atom stereocenters. The van der Waals surface area contributed by atoms with Gasteiger partial charge in [-0.15, -0.1) is 0 Å². The lowest BCUT2D eigenvalue weighted by Crippen LogP contribution is -2.03. The van der Waals surface area contributed by atoms with Crippen LogP contribution in [0.1, 0.15) is 24.0 Å². The van der Waals surface area contributed by atoms with Gasteiger partial charge in [-0.05, 0) is 121 Å². The minimum absolute atomic E-state index is 0.250. The third kappa shape index (κ3) is 9.97. The van der Waals surface area contributed by atoms with Crippen LogP contribution in [-0.4, -0.2) is 64.3 Å². The normalized spacial score (nSPS) is 17.1. The molecule has 0 amide bonds. The average molecular weight is 593 g/mol. The van der Waals surface area contributed by atoms with E-state index in [2.05, 4.69) is 9.98 Å². The third-order valence-corrected chi connectivity index (χ3v) is 6.91. The van der Waals surface area contributed by atoms with Crippen molar-refractivity contribution in [3.63, 3.8) is 0 Å². The molecule has 2 atom stereocenters. The second-order valence-corrected chi connectivity index (χ2v) is 10.6. The summed E-state index contributed by atoms with van der Waals surface area (Å²) >= 11 is 0. The summed E-state index contributed by atoms with van der Waals surface area (Å²) in [5, 5.41) is 0. The van der Waals surface area contributed by atoms with Gasteiger partial charge in [0, 0.05) is 12.4 Å². The standard InChI is InChI=1S/C36H36N2O6/c1(19-39-31-11-3-27(4-12-31)21-37-29-7-15-33(16-8-29)41-23-35-25-43-35)2-20-40-32-13-5-28(6-14-32)22-38-30-9-17-34(18-10-30)42-24-36-26-44-36/h3-18,21-22,35-36H,1-2,19-20,23-26H2. The first-order chi connectivity index (χ1) is 21.7. The molecular formula is C36H36N2O6. The van der Waals surface area contributed by atoms with Crippen LogP contribution in [0.3, 0.4) is 0 Å². The first-order valence-electron chi connectivity index (χ1n) is 15.0. The zero-order chi connectivity index (χ0) is 29.8. The maximum absolute atomic E-state index is 5.89. The summed E-state index contributed by atoms with van der Waals surface area (Å²) < 4.78 is 33.4. The maximum atomic E-state index is 5.89. The molecule has 0 N–H and O–H groups in total. The van der Waals surface area contributed by atoms with Crippen LogP contribution in [0.2, 0.25) is 0 Å². The lowest BCUT2D eigenvalue weighted by Gasteiger charge is -2.08. The maximum Gasteiger partial charge on any atom is 0.119 e. The third-order valence-electron chi connectivity index (χ3n) is 6.91. The fourth-order valence-electron chi connectivity index (χ4n) is 4.15. The fourth-order valence-corrected chi connectivity index (χ4v) is 4.15. The molecule has 2 aliphatic heterocycles. The highest BCUT2D eigenvalue weighted by atomic mass is 16.6. The fraction of sp³-hybridized carbons (Fsp3) is 0.278. The summed E-state index contributed by atoms with van der Waals surface area (Å²) in [6.07, 6.45) is 5.99. The molecule has 2 aliphatic rings. The average Bonchev–Trinajstić information content (AvgIpc) is 4.01. The number of epoxide rings is 2. The molecule has 2 fully saturated rings. The summed E-state index contributed by atoms with van der Waals surface area (Å²) in [6, 6.07) is 31.3. The second kappa shape index (κ2) is 15.2. The van der Waals surface area contributed by atoms with E-state index in [4.69, 9.17) is 28.4 Å². The second-order valence-electron chi connectivity index (χ2n) is 10.6. The van der Waals surface area contributed by atoms with Crippen LogP contribution in [-0.2, 0) is 9.47 Å². The van der Waals surface area contributed by atoms with E-state index < -0.39 is 0 Å². The molecule has 4 aromatic carbocycles. The van der Waals surface area contributed by atoms with Crippen molar-refractivity contribution < 1.29 is 28.4 Å². The van der Waals surface area contributed by atoms with E-state index in [9.17, 15) is 0 Å². The van der Waals surface area contributed by atoms with E-state index in [-0.39, 0.29) is 12.2 Å². The van der Waals surface area contributed by atoms with E-state index in [1.165, 1.54) is 0 Å². The van der Waals surface area contributed by atoms with Crippen molar-refractivity contribution >= 4 is 23.8 Å². The molecule has 0 radical (unpaired) electrons. The number of benzene rings is 4. The highest BCUT2D eigenvalue weighted by Crippen LogP contribution is 2.22. The summed E-state index contributed by atoms with van der Waals surface area (Å²) in [6.45, 7) is 4.05. The van der Waals surface area contributed by atoms with E-state index in [1.807, 2.05) is 109 Å². The predicted octanol–water partition coefficient (Wildman–Crippen LogP) is 6.98. The van der Waals surface area contributed by atoms with Gasteiger partial charge in [0.25, 0.3) is 0 Å². The van der Waals surface area contributed by atoms with Crippen molar-refractivity contribution in [3.05, 3.63) is 108 Å². The van der Waals surface area contributed by atoms with Gasteiger partial charge >= 0.3 is 0 Å². The van der Waals surface area contributed by atoms with Crippen molar-refractivity contribution in [1.29, 1.82) is 0 Å². The SMILES string of the molecule is C(=Nc1ccc(OCC2CO2)cc1)c1ccc(OCCCCOc2ccc(C=Nc3ccc(OCC4CO4)cc3)cc2)cc1. The molecule has 0 aromatic heterocycles. The Morgan fingerprint density at radius 2 is 0.841 bits per heavy atom. The van der Waals surface area contributed by atoms with Crippen LogP contribution < -0.4 is 18.9 Å². The van der Waals surface area contributed by atoms with Crippen LogP contribution >= 0.6 is 0 Å². The van der Waals surface area contributed by atoms with Gasteiger partial charge in [0.2, 0.25) is 0 Å². The van der Waals surface area contributed by atoms with Gasteiger partial charge in [0.05, 0.1) is 37.8 Å². The Labute approximate surface area is 257 Å². The lowest BCUT2D eigenvalue weighted by molar-refractivity contribution is 0.263. The highest BCUT2D eigenvalue weighted by molar-refractivity contribution is 5.82. The van der Waals surface area contributed by atoms with Crippen LogP contribution in [0, 0.1) is 0 Å². The Kier molecular flexibility index (Phi) is 10.1. The van der Waals surface area contributed by atoms with Gasteiger partial charge in [0.15, 0.2) is 0 Å². The summed E-state index contributed by atoms with van der Waals surface area (Å²) in [4.78, 5) is 9.08. The van der Waals surface area contributed by atoms with Gasteiger partial charge in [-0.1, -0.05) is 0 Å². The van der Waals surface area contributed by atoms with Crippen molar-refractivity contribution in [2.24, 2.45) is 9.98 Å². The topological polar surface area (TPSA) is 86.7 Å². The Morgan fingerprint density at radius 1 is 0.500 bits per heavy atom. The largest absolute Gasteiger partial charge is 0.494 e. The molecule has 0 spiro atoms. The van der Waals surface area contributed by atoms with Gasteiger partial charge in [-0.3, -0.25) is 9.98 Å². The molecule has 8 nitrogen and oxygen atoms in total. The van der Waals surface area contributed by atoms with E-state index >= 15 is 0 Å². The van der Waals surface area contributed by atoms with Gasteiger partial charge < -0.3 is 28.4 Å². The number of rotatable bonds is 17. The van der Waals surface area contributed by atoms with Gasteiger partial charge in [-0.25, -0.2) is 0 Å². The molecule has 8 heteroatoms. The molecule has 0 saturated carbocycles. The Morgan fingerprint density at radius 3 is 1.20 bits per heavy atom. The van der Waals surface area contributed by atoms with Crippen molar-refractivity contribution in [1.82, 2.24) is 0 Å². The summed E-state index contributed by atoms with van der Waals surface area (Å²) in [5.74, 6) is 3.34. The van der Waals surface area contributed by atoms with Crippen LogP contribution in [0.25, 0.3) is 0 Å². The minimum atomic E-state index is 0.250. The number of ether oxygens (including phenoxy) is 6. The van der Waals surface area contributed by atoms with Crippen LogP contribution in [0.4, 0.5) is 11.4 Å². The summed E-state index contributed by atoms with van der Waals surface area (Å²) in [5.41, 5.74) is 3.76. The van der Waals surface area contributed by atoms with E-state index in [1.54, 1.807) is 0 Å². The zero-order valence-corrected chi connectivity index (χ0v) is 24.5. The Bertz CT molecular complexity index is 1380. The van der Waals surface area contributed by atoms with Gasteiger partial charge in [0.1, 0.15) is 48.4 Å². The van der Waals surface area contributed by atoms with Crippen molar-refractivity contribution in [2.75, 3.05) is 39.6 Å². The molecule has 226 valence electrons. The molecule has 0 aliphatic carbocycles. The number of aliphatic imine (C=N–C) groups is 2. The van der Waals surface area contributed by atoms with Crippen LogP contribution in [0.15, 0.2) is 107 Å². The summed E-state index contributed by atoms with van der Waals surface area (Å²) in [7, 11) is 0. The van der Waals surface area contributed by atoms with Crippen molar-refractivity contribution in [2.45, 2.75) is 25.0 Å². The molecule has 2 heterocycles.